The SMILES string of the molecule is COc1cc(C(=O)N2C[C@H]3CC[C@@H]2[C@@H]3N)cc2nc(-c3cc4ccc(-c5ccc6c(c5)COC6=O)nc4n3CC3CC3)n(C)c12. The Hall–Kier alpha value is -4.70. The van der Waals surface area contributed by atoms with E-state index in [-0.39, 0.29) is 24.0 Å². The van der Waals surface area contributed by atoms with Crippen LogP contribution in [-0.2, 0) is 24.9 Å². The molecule has 2 aromatic carbocycles. The lowest BCUT2D eigenvalue weighted by Crippen LogP contribution is -2.41. The number of carbonyl (C=O) groups is 2. The van der Waals surface area contributed by atoms with Gasteiger partial charge in [0.15, 0.2) is 5.82 Å². The maximum atomic E-state index is 13.7. The summed E-state index contributed by atoms with van der Waals surface area (Å²) in [6.45, 7) is 1.86. The smallest absolute Gasteiger partial charge is 0.338 e. The Morgan fingerprint density at radius 1 is 1.07 bits per heavy atom. The minimum absolute atomic E-state index is 0.00730. The molecule has 228 valence electrons. The zero-order valence-electron chi connectivity index (χ0n) is 25.3. The average Bonchev–Trinajstić information content (AvgIpc) is 3.26. The van der Waals surface area contributed by atoms with Crippen LogP contribution >= 0.6 is 0 Å². The second kappa shape index (κ2) is 9.65. The van der Waals surface area contributed by atoms with E-state index in [1.807, 2.05) is 48.3 Å². The molecule has 10 heteroatoms. The van der Waals surface area contributed by atoms with Gasteiger partial charge in [0.2, 0.25) is 0 Å². The van der Waals surface area contributed by atoms with Crippen molar-refractivity contribution in [2.75, 3.05) is 13.7 Å². The van der Waals surface area contributed by atoms with E-state index in [0.717, 1.165) is 69.8 Å². The largest absolute Gasteiger partial charge is 0.494 e. The number of hydrogen-bond donors (Lipinski definition) is 1. The number of cyclic esters (lactones) is 1. The summed E-state index contributed by atoms with van der Waals surface area (Å²) in [7, 11) is 3.64. The number of methoxy groups -OCH3 is 1. The molecule has 2 saturated carbocycles. The summed E-state index contributed by atoms with van der Waals surface area (Å²) in [5.74, 6) is 2.12. The van der Waals surface area contributed by atoms with Gasteiger partial charge in [0.1, 0.15) is 23.5 Å². The highest BCUT2D eigenvalue weighted by Crippen LogP contribution is 2.40. The molecule has 2 aliphatic carbocycles. The number of amides is 1. The number of likely N-dealkylation sites (tertiary alicyclic amines) is 1. The molecule has 4 aliphatic rings. The predicted octanol–water partition coefficient (Wildman–Crippen LogP) is 4.91. The lowest BCUT2D eigenvalue weighted by atomic mass is 10.0. The molecule has 3 fully saturated rings. The molecule has 1 amide bonds. The van der Waals surface area contributed by atoms with Crippen molar-refractivity contribution in [3.8, 4) is 28.5 Å². The molecule has 1 saturated heterocycles. The van der Waals surface area contributed by atoms with Crippen molar-refractivity contribution >= 4 is 33.9 Å². The number of benzene rings is 2. The number of aryl methyl sites for hydroxylation is 1. The van der Waals surface area contributed by atoms with Crippen LogP contribution in [0.15, 0.2) is 48.5 Å². The summed E-state index contributed by atoms with van der Waals surface area (Å²) in [5.41, 5.74) is 13.7. The Morgan fingerprint density at radius 2 is 1.93 bits per heavy atom. The number of imidazole rings is 1. The third-order valence-corrected chi connectivity index (χ3v) is 10.4. The number of nitrogens with zero attached hydrogens (tertiary/aromatic N) is 5. The number of rotatable bonds is 6. The second-order valence-electron chi connectivity index (χ2n) is 13.1. The quantitative estimate of drug-likeness (QED) is 0.275. The molecule has 10 nitrogen and oxygen atoms in total. The number of carbonyl (C=O) groups excluding carboxylic acids is 2. The van der Waals surface area contributed by atoms with Gasteiger partial charge in [-0.2, -0.15) is 0 Å². The zero-order valence-corrected chi connectivity index (χ0v) is 25.3. The molecule has 2 N–H and O–H groups in total. The zero-order chi connectivity index (χ0) is 30.6. The number of ether oxygens (including phenoxy) is 2. The maximum absolute atomic E-state index is 13.7. The number of fused-ring (bicyclic) bond motifs is 5. The Labute approximate surface area is 259 Å². The van der Waals surface area contributed by atoms with Gasteiger partial charge in [-0.1, -0.05) is 6.07 Å². The van der Waals surface area contributed by atoms with Gasteiger partial charge in [-0.25, -0.2) is 14.8 Å². The third kappa shape index (κ3) is 4.04. The van der Waals surface area contributed by atoms with Gasteiger partial charge in [0.25, 0.3) is 5.91 Å². The highest BCUT2D eigenvalue weighted by molar-refractivity contribution is 6.00. The van der Waals surface area contributed by atoms with Gasteiger partial charge >= 0.3 is 5.97 Å². The van der Waals surface area contributed by atoms with Gasteiger partial charge in [-0.15, -0.1) is 0 Å². The van der Waals surface area contributed by atoms with E-state index < -0.39 is 0 Å². The molecular weight excluding hydrogens is 568 g/mol. The van der Waals surface area contributed by atoms with Crippen LogP contribution in [0, 0.1) is 11.8 Å². The fourth-order valence-corrected chi connectivity index (χ4v) is 7.78. The second-order valence-corrected chi connectivity index (χ2v) is 13.1. The van der Waals surface area contributed by atoms with Crippen molar-refractivity contribution in [2.24, 2.45) is 24.6 Å². The summed E-state index contributed by atoms with van der Waals surface area (Å²) in [5, 5.41) is 1.03. The van der Waals surface area contributed by atoms with Gasteiger partial charge in [0.05, 0.1) is 29.6 Å². The number of pyridine rings is 1. The number of esters is 1. The topological polar surface area (TPSA) is 118 Å². The van der Waals surface area contributed by atoms with Crippen molar-refractivity contribution in [3.63, 3.8) is 0 Å². The Morgan fingerprint density at radius 3 is 2.69 bits per heavy atom. The molecule has 3 atom stereocenters. The minimum Gasteiger partial charge on any atom is -0.494 e. The van der Waals surface area contributed by atoms with Crippen LogP contribution in [0.3, 0.4) is 0 Å². The summed E-state index contributed by atoms with van der Waals surface area (Å²) in [6, 6.07) is 16.0. The number of piperidine rings is 1. The van der Waals surface area contributed by atoms with E-state index >= 15 is 0 Å². The van der Waals surface area contributed by atoms with E-state index in [1.54, 1.807) is 7.11 Å². The lowest BCUT2D eigenvalue weighted by molar-refractivity contribution is 0.0534. The van der Waals surface area contributed by atoms with E-state index in [9.17, 15) is 9.59 Å². The first-order valence-corrected chi connectivity index (χ1v) is 15.8. The summed E-state index contributed by atoms with van der Waals surface area (Å²) in [4.78, 5) is 37.9. The molecule has 2 aliphatic heterocycles. The standard InChI is InChI=1S/C35H34N6O4/c1-39-31-26(12-22(14-29(31)44-2)34(42)41-16-21-7-10-27(41)30(21)36)38-33(39)28-13-20-6-9-25(37-32(20)40(28)15-18-3-4-18)19-5-8-24-23(11-19)17-45-35(24)43/h5-6,8-9,11-14,18,21,27,30H,3-4,7,10,15-17,36H2,1-2H3/t21-,27-,30-/m1/s1. The van der Waals surface area contributed by atoms with Crippen LogP contribution < -0.4 is 10.5 Å². The van der Waals surface area contributed by atoms with Crippen molar-refractivity contribution in [1.29, 1.82) is 0 Å². The monoisotopic (exact) mass is 602 g/mol. The molecule has 2 bridgehead atoms. The van der Waals surface area contributed by atoms with Crippen LogP contribution in [0.4, 0.5) is 0 Å². The van der Waals surface area contributed by atoms with E-state index in [1.165, 1.54) is 12.8 Å². The van der Waals surface area contributed by atoms with E-state index in [2.05, 4.69) is 21.3 Å². The van der Waals surface area contributed by atoms with Crippen LogP contribution in [-0.4, -0.2) is 61.6 Å². The first-order chi connectivity index (χ1) is 21.9. The predicted molar refractivity (Wildman–Crippen MR) is 169 cm³/mol. The van der Waals surface area contributed by atoms with Gasteiger partial charge in [-0.3, -0.25) is 4.79 Å². The third-order valence-electron chi connectivity index (χ3n) is 10.4. The van der Waals surface area contributed by atoms with Crippen molar-refractivity contribution < 1.29 is 19.1 Å². The molecule has 45 heavy (non-hydrogen) atoms. The molecule has 3 aromatic heterocycles. The van der Waals surface area contributed by atoms with Crippen LogP contribution in [0.5, 0.6) is 5.75 Å². The Kier molecular flexibility index (Phi) is 5.72. The van der Waals surface area contributed by atoms with Crippen molar-refractivity contribution in [1.82, 2.24) is 24.0 Å². The van der Waals surface area contributed by atoms with E-state index in [4.69, 9.17) is 25.2 Å². The number of nitrogens with two attached hydrogens (primary N) is 1. The Bertz CT molecular complexity index is 2070. The van der Waals surface area contributed by atoms with Gasteiger partial charge < -0.3 is 29.2 Å². The molecular formula is C35H34N6O4. The summed E-state index contributed by atoms with van der Waals surface area (Å²) in [6.07, 6.45) is 4.45. The molecule has 9 rings (SSSR count). The van der Waals surface area contributed by atoms with Gasteiger partial charge in [-0.05, 0) is 80.0 Å². The van der Waals surface area contributed by atoms with Crippen LogP contribution in [0.2, 0.25) is 0 Å². The first-order valence-electron chi connectivity index (χ1n) is 15.8. The highest BCUT2D eigenvalue weighted by Gasteiger charge is 2.47. The van der Waals surface area contributed by atoms with E-state index in [0.29, 0.717) is 41.9 Å². The Balaban J connectivity index is 1.15. The van der Waals surface area contributed by atoms with Crippen LogP contribution in [0.25, 0.3) is 44.8 Å². The molecule has 0 spiro atoms. The molecule has 5 aromatic rings. The highest BCUT2D eigenvalue weighted by atomic mass is 16.5. The summed E-state index contributed by atoms with van der Waals surface area (Å²) >= 11 is 0. The number of hydrogen-bond acceptors (Lipinski definition) is 7. The average molecular weight is 603 g/mol. The molecule has 0 unspecified atom stereocenters. The fraction of sp³-hybridized carbons (Fsp3) is 0.371. The molecule has 5 heterocycles. The normalized spacial score (nSPS) is 22.1. The number of aromatic nitrogens is 4. The minimum atomic E-state index is -0.272. The maximum Gasteiger partial charge on any atom is 0.338 e. The van der Waals surface area contributed by atoms with Gasteiger partial charge in [0, 0.05) is 54.3 Å². The first kappa shape index (κ1) is 26.7. The summed E-state index contributed by atoms with van der Waals surface area (Å²) < 4.78 is 15.4. The molecule has 0 radical (unpaired) electrons. The van der Waals surface area contributed by atoms with Crippen molar-refractivity contribution in [3.05, 3.63) is 65.2 Å². The fourth-order valence-electron chi connectivity index (χ4n) is 7.78. The van der Waals surface area contributed by atoms with Crippen molar-refractivity contribution in [2.45, 2.75) is 50.9 Å². The lowest BCUT2D eigenvalue weighted by Gasteiger charge is -2.27. The van der Waals surface area contributed by atoms with Crippen LogP contribution in [0.1, 0.15) is 52.0 Å².